The minimum absolute atomic E-state index is 0.161. The molecule has 0 aromatic heterocycles. The number of aryl methyl sites for hydroxylation is 1. The fourth-order valence-corrected chi connectivity index (χ4v) is 6.81. The van der Waals surface area contributed by atoms with E-state index >= 15 is 0 Å². The van der Waals surface area contributed by atoms with Crippen LogP contribution >= 0.6 is 0 Å². The number of hydrogen-bond acceptors (Lipinski definition) is 4. The lowest BCUT2D eigenvalue weighted by molar-refractivity contribution is -0.153. The van der Waals surface area contributed by atoms with E-state index in [-0.39, 0.29) is 10.3 Å². The molecule has 1 aliphatic heterocycles. The minimum atomic E-state index is -3.83. The van der Waals surface area contributed by atoms with Crippen molar-refractivity contribution in [3.8, 4) is 0 Å². The maximum atomic E-state index is 13.5. The summed E-state index contributed by atoms with van der Waals surface area (Å²) < 4.78 is 33.5. The number of esters is 1. The second-order valence-corrected chi connectivity index (χ2v) is 16.6. The smallest absolute Gasteiger partial charge is 0.327 e. The van der Waals surface area contributed by atoms with Gasteiger partial charge in [0.15, 0.2) is 0 Å². The maximum Gasteiger partial charge on any atom is 0.327 e. The lowest BCUT2D eigenvalue weighted by Crippen LogP contribution is -2.59. The SMILES string of the molecule is COC(=O)[C@]1(C)C[C@@H]2C[C@]2(/C=C\[Si](C)(C)C)CN1S(=O)(=O)c1ccc(C)cc1. The molecule has 3 rings (SSSR count). The van der Waals surface area contributed by atoms with Gasteiger partial charge in [0, 0.05) is 12.0 Å². The summed E-state index contributed by atoms with van der Waals surface area (Å²) in [5, 5.41) is 0. The highest BCUT2D eigenvalue weighted by atomic mass is 32.2. The number of methoxy groups -OCH3 is 1. The van der Waals surface area contributed by atoms with Crippen LogP contribution in [0, 0.1) is 18.3 Å². The summed E-state index contributed by atoms with van der Waals surface area (Å²) in [5.74, 6) is -0.175. The molecule has 1 aromatic rings. The van der Waals surface area contributed by atoms with Crippen molar-refractivity contribution in [2.75, 3.05) is 13.7 Å². The molecule has 1 aliphatic carbocycles. The first-order chi connectivity index (χ1) is 12.8. The van der Waals surface area contributed by atoms with Crippen LogP contribution in [-0.2, 0) is 19.6 Å². The van der Waals surface area contributed by atoms with Gasteiger partial charge < -0.3 is 4.74 Å². The van der Waals surface area contributed by atoms with E-state index in [9.17, 15) is 13.2 Å². The van der Waals surface area contributed by atoms with Gasteiger partial charge in [0.1, 0.15) is 5.54 Å². The molecule has 1 saturated heterocycles. The third kappa shape index (κ3) is 3.72. The molecule has 0 N–H and O–H groups in total. The molecule has 1 aromatic carbocycles. The Morgan fingerprint density at radius 1 is 1.21 bits per heavy atom. The first-order valence-electron chi connectivity index (χ1n) is 9.72. The van der Waals surface area contributed by atoms with Gasteiger partial charge in [-0.3, -0.25) is 4.79 Å². The van der Waals surface area contributed by atoms with Crippen LogP contribution in [0.5, 0.6) is 0 Å². The van der Waals surface area contributed by atoms with E-state index in [1.54, 1.807) is 31.2 Å². The summed E-state index contributed by atoms with van der Waals surface area (Å²) in [6, 6.07) is 6.80. The Balaban J connectivity index is 2.04. The Morgan fingerprint density at radius 2 is 1.82 bits per heavy atom. The Hall–Kier alpha value is -1.44. The van der Waals surface area contributed by atoms with Gasteiger partial charge in [0.05, 0.1) is 20.1 Å². The van der Waals surface area contributed by atoms with E-state index in [1.165, 1.54) is 11.4 Å². The Morgan fingerprint density at radius 3 is 2.36 bits per heavy atom. The summed E-state index contributed by atoms with van der Waals surface area (Å²) in [4.78, 5) is 12.9. The van der Waals surface area contributed by atoms with Gasteiger partial charge in [-0.15, -0.1) is 0 Å². The fourth-order valence-electron chi connectivity index (χ4n) is 4.16. The zero-order valence-electron chi connectivity index (χ0n) is 17.7. The molecule has 154 valence electrons. The van der Waals surface area contributed by atoms with Gasteiger partial charge in [0.2, 0.25) is 10.0 Å². The fraction of sp³-hybridized carbons (Fsp3) is 0.571. The zero-order valence-corrected chi connectivity index (χ0v) is 19.5. The van der Waals surface area contributed by atoms with Crippen LogP contribution in [-0.4, -0.2) is 46.0 Å². The number of benzene rings is 1. The van der Waals surface area contributed by atoms with Crippen molar-refractivity contribution in [3.63, 3.8) is 0 Å². The molecule has 5 nitrogen and oxygen atoms in total. The van der Waals surface area contributed by atoms with Crippen LogP contribution < -0.4 is 0 Å². The average molecular weight is 422 g/mol. The summed E-state index contributed by atoms with van der Waals surface area (Å²) in [5.41, 5.74) is 1.94. The van der Waals surface area contributed by atoms with E-state index in [0.717, 1.165) is 12.0 Å². The standard InChI is InChI=1S/C21H31NO4SSi/c1-16-7-9-18(10-8-16)27(24,25)22-15-21(11-12-28(4,5)6)14-17(21)13-20(22,2)19(23)26-3/h7-12,17H,13-15H2,1-6H3/b12-11-/t17-,20+,21-/m1/s1. The van der Waals surface area contributed by atoms with Crippen molar-refractivity contribution in [2.24, 2.45) is 11.3 Å². The van der Waals surface area contributed by atoms with Crippen molar-refractivity contribution < 1.29 is 17.9 Å². The number of carbonyl (C=O) groups is 1. The van der Waals surface area contributed by atoms with Crippen LogP contribution in [0.15, 0.2) is 40.9 Å². The maximum absolute atomic E-state index is 13.5. The number of rotatable bonds is 5. The van der Waals surface area contributed by atoms with Crippen LogP contribution in [0.3, 0.4) is 0 Å². The molecule has 28 heavy (non-hydrogen) atoms. The lowest BCUT2D eigenvalue weighted by Gasteiger charge is -2.43. The number of piperidine rings is 1. The first kappa shape index (κ1) is 21.3. The number of sulfonamides is 1. The van der Waals surface area contributed by atoms with Crippen molar-refractivity contribution in [1.82, 2.24) is 4.31 Å². The molecule has 0 radical (unpaired) electrons. The van der Waals surface area contributed by atoms with E-state index in [2.05, 4.69) is 31.4 Å². The minimum Gasteiger partial charge on any atom is -0.468 e. The molecule has 2 aliphatic rings. The molecular formula is C21H31NO4SSi. The van der Waals surface area contributed by atoms with Gasteiger partial charge in [-0.05, 0) is 44.7 Å². The van der Waals surface area contributed by atoms with Crippen LogP contribution in [0.4, 0.5) is 0 Å². The summed E-state index contributed by atoms with van der Waals surface area (Å²) in [6.07, 6.45) is 3.64. The summed E-state index contributed by atoms with van der Waals surface area (Å²) in [7, 11) is -3.91. The van der Waals surface area contributed by atoms with Gasteiger partial charge in [0.25, 0.3) is 0 Å². The predicted molar refractivity (Wildman–Crippen MR) is 113 cm³/mol. The quantitative estimate of drug-likeness (QED) is 0.536. The van der Waals surface area contributed by atoms with Gasteiger partial charge in [-0.25, -0.2) is 8.42 Å². The number of carbonyl (C=O) groups excluding carboxylic acids is 1. The van der Waals surface area contributed by atoms with Crippen molar-refractivity contribution in [3.05, 3.63) is 41.6 Å². The van der Waals surface area contributed by atoms with Gasteiger partial charge in [-0.2, -0.15) is 4.31 Å². The second kappa shape index (κ2) is 6.81. The van der Waals surface area contributed by atoms with Gasteiger partial charge >= 0.3 is 5.97 Å². The monoisotopic (exact) mass is 421 g/mol. The number of ether oxygens (including phenoxy) is 1. The van der Waals surface area contributed by atoms with Crippen molar-refractivity contribution in [1.29, 1.82) is 0 Å². The molecule has 7 heteroatoms. The number of fused-ring (bicyclic) bond motifs is 1. The third-order valence-electron chi connectivity index (χ3n) is 6.06. The molecule has 1 heterocycles. The van der Waals surface area contributed by atoms with Crippen LogP contribution in [0.25, 0.3) is 0 Å². The van der Waals surface area contributed by atoms with Crippen LogP contribution in [0.2, 0.25) is 19.6 Å². The molecule has 0 spiro atoms. The topological polar surface area (TPSA) is 63.7 Å². The average Bonchev–Trinajstić information content (AvgIpc) is 3.31. The molecule has 2 fully saturated rings. The van der Waals surface area contributed by atoms with E-state index in [4.69, 9.17) is 4.74 Å². The Labute approximate surface area is 169 Å². The second-order valence-electron chi connectivity index (χ2n) is 9.63. The summed E-state index contributed by atoms with van der Waals surface area (Å²) in [6.45, 7) is 10.7. The van der Waals surface area contributed by atoms with E-state index in [0.29, 0.717) is 18.9 Å². The zero-order chi connectivity index (χ0) is 21.0. The van der Waals surface area contributed by atoms with Crippen molar-refractivity contribution in [2.45, 2.75) is 56.8 Å². The normalized spacial score (nSPS) is 30.9. The number of nitrogens with zero attached hydrogens (tertiary/aromatic N) is 1. The molecule has 0 amide bonds. The van der Waals surface area contributed by atoms with Crippen molar-refractivity contribution >= 4 is 24.1 Å². The Kier molecular flexibility index (Phi) is 5.18. The Bertz CT molecular complexity index is 903. The molecular weight excluding hydrogens is 390 g/mol. The molecule has 0 unspecified atom stereocenters. The highest BCUT2D eigenvalue weighted by Crippen LogP contribution is 2.62. The lowest BCUT2D eigenvalue weighted by atomic mass is 9.85. The summed E-state index contributed by atoms with van der Waals surface area (Å²) >= 11 is 0. The van der Waals surface area contributed by atoms with E-state index in [1.807, 2.05) is 6.92 Å². The first-order valence-corrected chi connectivity index (χ1v) is 14.7. The number of hydrogen-bond donors (Lipinski definition) is 0. The molecule has 0 bridgehead atoms. The highest BCUT2D eigenvalue weighted by Gasteiger charge is 2.65. The van der Waals surface area contributed by atoms with Crippen LogP contribution in [0.1, 0.15) is 25.3 Å². The molecule has 1 saturated carbocycles. The predicted octanol–water partition coefficient (Wildman–Crippen LogP) is 3.76. The third-order valence-corrected chi connectivity index (χ3v) is 9.21. The molecule has 3 atom stereocenters. The largest absolute Gasteiger partial charge is 0.468 e. The highest BCUT2D eigenvalue weighted by molar-refractivity contribution is 7.89. The van der Waals surface area contributed by atoms with E-state index < -0.39 is 29.6 Å². The van der Waals surface area contributed by atoms with Gasteiger partial charge in [-0.1, -0.05) is 49.1 Å².